The molecule has 0 spiro atoms. The molecule has 0 aliphatic carbocycles. The third kappa shape index (κ3) is 2.37. The molecule has 0 bridgehead atoms. The Balaban J connectivity index is 2.14. The minimum atomic E-state index is -0.0382. The highest BCUT2D eigenvalue weighted by atomic mass is 79.9. The second-order valence-electron chi connectivity index (χ2n) is 4.26. The largest absolute Gasteiger partial charge is 0.365 e. The maximum atomic E-state index is 6.00. The van der Waals surface area contributed by atoms with Gasteiger partial charge in [-0.3, -0.25) is 0 Å². The van der Waals surface area contributed by atoms with Gasteiger partial charge in [0.15, 0.2) is 0 Å². The summed E-state index contributed by atoms with van der Waals surface area (Å²) < 4.78 is 6.00. The first kappa shape index (κ1) is 11.0. The molecule has 0 saturated carbocycles. The number of halogens is 1. The van der Waals surface area contributed by atoms with Crippen LogP contribution in [0.25, 0.3) is 0 Å². The van der Waals surface area contributed by atoms with Gasteiger partial charge in [0, 0.05) is 11.5 Å². The van der Waals surface area contributed by atoms with Gasteiger partial charge in [0.05, 0.1) is 11.3 Å². The van der Waals surface area contributed by atoms with Crippen LogP contribution >= 0.6 is 15.9 Å². The van der Waals surface area contributed by atoms with Gasteiger partial charge in [0.1, 0.15) is 11.9 Å². The molecule has 1 aliphatic heterocycles. The fourth-order valence-electron chi connectivity index (χ4n) is 1.86. The van der Waals surface area contributed by atoms with E-state index in [2.05, 4.69) is 32.8 Å². The summed E-state index contributed by atoms with van der Waals surface area (Å²) in [5.74, 6) is 0.809. The van der Waals surface area contributed by atoms with Gasteiger partial charge in [-0.2, -0.15) is 0 Å². The summed E-state index contributed by atoms with van der Waals surface area (Å²) in [6, 6.07) is 1.94. The number of aryl methyl sites for hydroxylation is 1. The summed E-state index contributed by atoms with van der Waals surface area (Å²) in [6.45, 7) is 4.04. The van der Waals surface area contributed by atoms with Crippen molar-refractivity contribution in [3.8, 4) is 0 Å². The summed E-state index contributed by atoms with van der Waals surface area (Å²) >= 11 is 3.49. The van der Waals surface area contributed by atoms with E-state index in [0.29, 0.717) is 0 Å². The van der Waals surface area contributed by atoms with Crippen LogP contribution in [0.5, 0.6) is 0 Å². The Morgan fingerprint density at radius 1 is 1.67 bits per heavy atom. The first-order chi connectivity index (χ1) is 7.13. The Hall–Kier alpha value is -0.480. The molecule has 0 radical (unpaired) electrons. The van der Waals surface area contributed by atoms with Crippen molar-refractivity contribution in [3.05, 3.63) is 23.8 Å². The van der Waals surface area contributed by atoms with Crippen molar-refractivity contribution in [1.29, 1.82) is 0 Å². The van der Waals surface area contributed by atoms with Crippen molar-refractivity contribution in [2.45, 2.75) is 38.4 Å². The Kier molecular flexibility index (Phi) is 3.07. The van der Waals surface area contributed by atoms with Gasteiger partial charge in [-0.1, -0.05) is 15.9 Å². The predicted octanol–water partition coefficient (Wildman–Crippen LogP) is 2.79. The standard InChI is InChI=1S/C11H15BrN2O/c1-8-13-6-4-9(14-8)10-3-5-11(2,7-12)15-10/h4,6,10H,3,5,7H2,1-2H3. The van der Waals surface area contributed by atoms with Gasteiger partial charge in [-0.05, 0) is 32.8 Å². The summed E-state index contributed by atoms with van der Waals surface area (Å²) in [5, 5.41) is 0.876. The van der Waals surface area contributed by atoms with E-state index in [1.165, 1.54) is 0 Å². The van der Waals surface area contributed by atoms with E-state index in [1.807, 2.05) is 13.0 Å². The van der Waals surface area contributed by atoms with Crippen molar-refractivity contribution in [2.75, 3.05) is 5.33 Å². The van der Waals surface area contributed by atoms with E-state index in [9.17, 15) is 0 Å². The van der Waals surface area contributed by atoms with Gasteiger partial charge < -0.3 is 4.74 Å². The lowest BCUT2D eigenvalue weighted by atomic mass is 10.0. The number of rotatable bonds is 2. The van der Waals surface area contributed by atoms with Crippen LogP contribution in [0.1, 0.15) is 37.4 Å². The van der Waals surface area contributed by atoms with Gasteiger partial charge >= 0.3 is 0 Å². The average molecular weight is 271 g/mol. The molecule has 0 amide bonds. The lowest BCUT2D eigenvalue weighted by molar-refractivity contribution is -0.0140. The minimum absolute atomic E-state index is 0.0382. The van der Waals surface area contributed by atoms with E-state index < -0.39 is 0 Å². The summed E-state index contributed by atoms with van der Waals surface area (Å²) in [4.78, 5) is 8.50. The van der Waals surface area contributed by atoms with E-state index >= 15 is 0 Å². The van der Waals surface area contributed by atoms with Crippen LogP contribution in [0.4, 0.5) is 0 Å². The Morgan fingerprint density at radius 3 is 3.07 bits per heavy atom. The quantitative estimate of drug-likeness (QED) is 0.776. The van der Waals surface area contributed by atoms with E-state index in [4.69, 9.17) is 4.74 Å². The Bertz CT molecular complexity index is 358. The zero-order valence-corrected chi connectivity index (χ0v) is 10.6. The SMILES string of the molecule is Cc1nccc(C2CCC(C)(CBr)O2)n1. The summed E-state index contributed by atoms with van der Waals surface area (Å²) in [7, 11) is 0. The maximum absolute atomic E-state index is 6.00. The fourth-order valence-corrected chi connectivity index (χ4v) is 2.27. The second-order valence-corrected chi connectivity index (χ2v) is 4.82. The molecule has 1 saturated heterocycles. The molecule has 1 aromatic rings. The predicted molar refractivity (Wildman–Crippen MR) is 62.0 cm³/mol. The highest BCUT2D eigenvalue weighted by molar-refractivity contribution is 9.09. The number of nitrogens with zero attached hydrogens (tertiary/aromatic N) is 2. The molecule has 2 unspecified atom stereocenters. The Labute approximate surface area is 98.4 Å². The summed E-state index contributed by atoms with van der Waals surface area (Å²) in [5.41, 5.74) is 0.968. The highest BCUT2D eigenvalue weighted by Gasteiger charge is 2.36. The van der Waals surface area contributed by atoms with Gasteiger partial charge in [-0.25, -0.2) is 9.97 Å². The van der Waals surface area contributed by atoms with Gasteiger partial charge in [-0.15, -0.1) is 0 Å². The number of alkyl halides is 1. The van der Waals surface area contributed by atoms with Crippen LogP contribution in [-0.2, 0) is 4.74 Å². The molecule has 3 nitrogen and oxygen atoms in total. The average Bonchev–Trinajstić information content (AvgIpc) is 2.62. The monoisotopic (exact) mass is 270 g/mol. The van der Waals surface area contributed by atoms with Crippen molar-refractivity contribution >= 4 is 15.9 Å². The van der Waals surface area contributed by atoms with Crippen LogP contribution in [0.2, 0.25) is 0 Å². The molecule has 4 heteroatoms. The fraction of sp³-hybridized carbons (Fsp3) is 0.636. The molecule has 1 aromatic heterocycles. The number of ether oxygens (including phenoxy) is 1. The van der Waals surface area contributed by atoms with Crippen molar-refractivity contribution in [1.82, 2.24) is 9.97 Å². The molecular weight excluding hydrogens is 256 g/mol. The Morgan fingerprint density at radius 2 is 2.47 bits per heavy atom. The van der Waals surface area contributed by atoms with E-state index in [0.717, 1.165) is 29.7 Å². The van der Waals surface area contributed by atoms with Gasteiger partial charge in [0.2, 0.25) is 0 Å². The van der Waals surface area contributed by atoms with Crippen molar-refractivity contribution < 1.29 is 4.74 Å². The van der Waals surface area contributed by atoms with Crippen LogP contribution < -0.4 is 0 Å². The van der Waals surface area contributed by atoms with E-state index in [1.54, 1.807) is 6.20 Å². The number of hydrogen-bond donors (Lipinski definition) is 0. The van der Waals surface area contributed by atoms with Crippen LogP contribution in [0, 0.1) is 6.92 Å². The smallest absolute Gasteiger partial charge is 0.125 e. The molecule has 82 valence electrons. The van der Waals surface area contributed by atoms with Crippen molar-refractivity contribution in [2.24, 2.45) is 0 Å². The van der Waals surface area contributed by atoms with Crippen LogP contribution in [0.3, 0.4) is 0 Å². The molecule has 2 heterocycles. The number of aromatic nitrogens is 2. The molecule has 2 rings (SSSR count). The molecule has 1 aliphatic rings. The lowest BCUT2D eigenvalue weighted by Gasteiger charge is -2.21. The van der Waals surface area contributed by atoms with Gasteiger partial charge in [0.25, 0.3) is 0 Å². The lowest BCUT2D eigenvalue weighted by Crippen LogP contribution is -2.25. The first-order valence-electron chi connectivity index (χ1n) is 5.16. The maximum Gasteiger partial charge on any atom is 0.125 e. The molecule has 0 N–H and O–H groups in total. The molecule has 1 fully saturated rings. The second kappa shape index (κ2) is 4.18. The number of hydrogen-bond acceptors (Lipinski definition) is 3. The zero-order chi connectivity index (χ0) is 10.9. The molecule has 15 heavy (non-hydrogen) atoms. The van der Waals surface area contributed by atoms with Crippen LogP contribution in [-0.4, -0.2) is 20.9 Å². The van der Waals surface area contributed by atoms with Crippen LogP contribution in [0.15, 0.2) is 12.3 Å². The third-order valence-electron chi connectivity index (χ3n) is 2.77. The zero-order valence-electron chi connectivity index (χ0n) is 9.03. The first-order valence-corrected chi connectivity index (χ1v) is 6.28. The molecular formula is C11H15BrN2O. The molecule has 0 aromatic carbocycles. The third-order valence-corrected chi connectivity index (χ3v) is 3.96. The van der Waals surface area contributed by atoms with Crippen molar-refractivity contribution in [3.63, 3.8) is 0 Å². The normalized spacial score (nSPS) is 30.7. The topological polar surface area (TPSA) is 35.0 Å². The summed E-state index contributed by atoms with van der Waals surface area (Å²) in [6.07, 6.45) is 4.05. The minimum Gasteiger partial charge on any atom is -0.365 e. The molecule has 2 atom stereocenters. The van der Waals surface area contributed by atoms with E-state index in [-0.39, 0.29) is 11.7 Å². The highest BCUT2D eigenvalue weighted by Crippen LogP contribution is 2.39.